The van der Waals surface area contributed by atoms with Crippen molar-refractivity contribution in [1.29, 1.82) is 0 Å². The quantitative estimate of drug-likeness (QED) is 0.523. The largest absolute Gasteiger partial charge is 0.301 e. The van der Waals surface area contributed by atoms with E-state index in [-0.39, 0.29) is 5.56 Å². The number of hydrogen-bond acceptors (Lipinski definition) is 3. The van der Waals surface area contributed by atoms with Crippen molar-refractivity contribution >= 4 is 10.9 Å². The van der Waals surface area contributed by atoms with E-state index in [2.05, 4.69) is 20.7 Å². The molecule has 0 amide bonds. The molecule has 146 valence electrons. The van der Waals surface area contributed by atoms with Gasteiger partial charge in [0.05, 0.1) is 18.3 Å². The van der Waals surface area contributed by atoms with E-state index in [1.54, 1.807) is 10.6 Å². The highest BCUT2D eigenvalue weighted by atomic mass is 16.1. The summed E-state index contributed by atoms with van der Waals surface area (Å²) in [5, 5.41) is 5.63. The zero-order valence-electron chi connectivity index (χ0n) is 16.4. The first-order valence-electron chi connectivity index (χ1n) is 10.2. The molecule has 1 fully saturated rings. The number of fused-ring (bicyclic) bond motifs is 1. The minimum absolute atomic E-state index is 0.0351. The van der Waals surface area contributed by atoms with Crippen LogP contribution in [0.15, 0.2) is 77.9 Å². The highest BCUT2D eigenvalue weighted by Gasteiger charge is 2.12. The van der Waals surface area contributed by atoms with E-state index >= 15 is 0 Å². The molecule has 5 rings (SSSR count). The van der Waals surface area contributed by atoms with Crippen LogP contribution >= 0.6 is 0 Å². The van der Waals surface area contributed by atoms with Crippen LogP contribution in [0.1, 0.15) is 12.8 Å². The summed E-state index contributed by atoms with van der Waals surface area (Å²) in [5.41, 5.74) is 3.92. The van der Waals surface area contributed by atoms with Gasteiger partial charge in [-0.15, -0.1) is 0 Å². The monoisotopic (exact) mass is 384 g/mol. The van der Waals surface area contributed by atoms with Crippen molar-refractivity contribution in [3.05, 3.63) is 83.4 Å². The predicted octanol–water partition coefficient (Wildman–Crippen LogP) is 3.95. The van der Waals surface area contributed by atoms with E-state index in [0.29, 0.717) is 0 Å². The summed E-state index contributed by atoms with van der Waals surface area (Å²) in [6.45, 7) is 4.34. The van der Waals surface area contributed by atoms with Crippen LogP contribution in [-0.2, 0) is 6.54 Å². The minimum Gasteiger partial charge on any atom is -0.301 e. The third-order valence-corrected chi connectivity index (χ3v) is 5.76. The van der Waals surface area contributed by atoms with Crippen molar-refractivity contribution in [3.8, 4) is 16.8 Å². The van der Waals surface area contributed by atoms with Gasteiger partial charge in [0.2, 0.25) is 0 Å². The fraction of sp³-hybridized carbons (Fsp3) is 0.250. The Morgan fingerprint density at radius 1 is 0.862 bits per heavy atom. The maximum atomic E-state index is 12.7. The first kappa shape index (κ1) is 17.9. The molecular weight excluding hydrogens is 360 g/mol. The van der Waals surface area contributed by atoms with E-state index < -0.39 is 0 Å². The smallest absolute Gasteiger partial charge is 0.255 e. The molecule has 2 aromatic heterocycles. The number of likely N-dealkylation sites (tertiary alicyclic amines) is 1. The average molecular weight is 384 g/mol. The molecular formula is C24H24N4O. The third-order valence-electron chi connectivity index (χ3n) is 5.76. The second-order valence-electron chi connectivity index (χ2n) is 7.65. The van der Waals surface area contributed by atoms with E-state index in [1.165, 1.54) is 25.9 Å². The maximum Gasteiger partial charge on any atom is 0.255 e. The molecule has 0 aliphatic carbocycles. The second-order valence-corrected chi connectivity index (χ2v) is 7.65. The Hall–Kier alpha value is -3.18. The fourth-order valence-electron chi connectivity index (χ4n) is 4.15. The highest BCUT2D eigenvalue weighted by molar-refractivity contribution is 5.81. The summed E-state index contributed by atoms with van der Waals surface area (Å²) in [6.07, 6.45) is 6.36. The van der Waals surface area contributed by atoms with E-state index in [0.717, 1.165) is 40.8 Å². The summed E-state index contributed by atoms with van der Waals surface area (Å²) >= 11 is 0. The highest BCUT2D eigenvalue weighted by Crippen LogP contribution is 2.20. The van der Waals surface area contributed by atoms with Crippen molar-refractivity contribution in [1.82, 2.24) is 19.2 Å². The molecule has 3 heterocycles. The van der Waals surface area contributed by atoms with Crippen LogP contribution in [0.5, 0.6) is 0 Å². The molecule has 1 aliphatic heterocycles. The average Bonchev–Trinajstić information content (AvgIpc) is 3.42. The first-order chi connectivity index (χ1) is 14.3. The van der Waals surface area contributed by atoms with Crippen LogP contribution in [0.3, 0.4) is 0 Å². The Morgan fingerprint density at radius 2 is 1.69 bits per heavy atom. The Kier molecular flexibility index (Phi) is 4.74. The number of pyridine rings is 1. The molecule has 0 radical (unpaired) electrons. The summed E-state index contributed by atoms with van der Waals surface area (Å²) in [5.74, 6) is 0. The molecule has 1 aliphatic rings. The zero-order chi connectivity index (χ0) is 19.6. The molecule has 0 N–H and O–H groups in total. The summed E-state index contributed by atoms with van der Waals surface area (Å²) < 4.78 is 3.76. The number of rotatable bonds is 5. The lowest BCUT2D eigenvalue weighted by Crippen LogP contribution is -2.24. The first-order valence-corrected chi connectivity index (χ1v) is 10.2. The molecule has 0 bridgehead atoms. The number of aromatic nitrogens is 3. The SMILES string of the molecule is O=c1cc(-c2ccccc2)ccn1-c1ccc2c(cnn2CCN2CCCC2)c1. The van der Waals surface area contributed by atoms with Crippen LogP contribution in [0, 0.1) is 0 Å². The van der Waals surface area contributed by atoms with Gasteiger partial charge in [0, 0.05) is 29.9 Å². The molecule has 1 saturated heterocycles. The summed E-state index contributed by atoms with van der Waals surface area (Å²) in [4.78, 5) is 15.2. The molecule has 0 atom stereocenters. The maximum absolute atomic E-state index is 12.7. The van der Waals surface area contributed by atoms with Crippen molar-refractivity contribution < 1.29 is 0 Å². The van der Waals surface area contributed by atoms with Crippen LogP contribution in [-0.4, -0.2) is 38.9 Å². The lowest BCUT2D eigenvalue weighted by atomic mass is 10.1. The lowest BCUT2D eigenvalue weighted by Gasteiger charge is -2.14. The third kappa shape index (κ3) is 3.61. The van der Waals surface area contributed by atoms with Gasteiger partial charge in [0.1, 0.15) is 0 Å². The topological polar surface area (TPSA) is 43.1 Å². The van der Waals surface area contributed by atoms with Gasteiger partial charge in [0.25, 0.3) is 5.56 Å². The number of nitrogens with zero attached hydrogens (tertiary/aromatic N) is 4. The van der Waals surface area contributed by atoms with Gasteiger partial charge in [-0.1, -0.05) is 30.3 Å². The number of hydrogen-bond donors (Lipinski definition) is 0. The summed E-state index contributed by atoms with van der Waals surface area (Å²) in [7, 11) is 0. The van der Waals surface area contributed by atoms with Gasteiger partial charge in [-0.25, -0.2) is 0 Å². The van der Waals surface area contributed by atoms with E-state index in [4.69, 9.17) is 0 Å². The van der Waals surface area contributed by atoms with Crippen LogP contribution in [0.4, 0.5) is 0 Å². The molecule has 29 heavy (non-hydrogen) atoms. The van der Waals surface area contributed by atoms with Gasteiger partial charge in [-0.2, -0.15) is 5.10 Å². The van der Waals surface area contributed by atoms with Crippen LogP contribution in [0.25, 0.3) is 27.7 Å². The van der Waals surface area contributed by atoms with Crippen molar-refractivity contribution in [2.24, 2.45) is 0 Å². The van der Waals surface area contributed by atoms with Crippen LogP contribution in [0.2, 0.25) is 0 Å². The predicted molar refractivity (Wildman–Crippen MR) is 116 cm³/mol. The standard InChI is InChI=1S/C24H24N4O/c29-24-17-20(19-6-2-1-3-7-19)10-13-27(24)22-8-9-23-21(16-22)18-25-28(23)15-14-26-11-4-5-12-26/h1-3,6-10,13,16-18H,4-5,11-12,14-15H2. The van der Waals surface area contributed by atoms with E-state index in [1.807, 2.05) is 60.9 Å². The van der Waals surface area contributed by atoms with Gasteiger partial charge in [-0.05, 0) is 61.3 Å². The Bertz CT molecular complexity index is 1190. The normalized spacial score (nSPS) is 14.6. The van der Waals surface area contributed by atoms with Crippen molar-refractivity contribution in [3.63, 3.8) is 0 Å². The summed E-state index contributed by atoms with van der Waals surface area (Å²) in [6, 6.07) is 19.8. The van der Waals surface area contributed by atoms with Crippen molar-refractivity contribution in [2.75, 3.05) is 19.6 Å². The van der Waals surface area contributed by atoms with Gasteiger partial charge in [0.15, 0.2) is 0 Å². The van der Waals surface area contributed by atoms with Gasteiger partial charge in [-0.3, -0.25) is 14.0 Å². The second kappa shape index (κ2) is 7.68. The van der Waals surface area contributed by atoms with Crippen LogP contribution < -0.4 is 5.56 Å². The zero-order valence-corrected chi connectivity index (χ0v) is 16.4. The Morgan fingerprint density at radius 3 is 2.48 bits per heavy atom. The van der Waals surface area contributed by atoms with E-state index in [9.17, 15) is 4.79 Å². The number of benzene rings is 2. The molecule has 4 aromatic rings. The van der Waals surface area contributed by atoms with Crippen molar-refractivity contribution in [2.45, 2.75) is 19.4 Å². The Labute approximate surface area is 169 Å². The molecule has 2 aromatic carbocycles. The Balaban J connectivity index is 1.41. The fourth-order valence-corrected chi connectivity index (χ4v) is 4.15. The van der Waals surface area contributed by atoms with Gasteiger partial charge < -0.3 is 4.90 Å². The molecule has 0 unspecified atom stereocenters. The lowest BCUT2D eigenvalue weighted by molar-refractivity contribution is 0.318. The molecule has 0 spiro atoms. The molecule has 5 heteroatoms. The minimum atomic E-state index is -0.0351. The molecule has 5 nitrogen and oxygen atoms in total. The molecule has 0 saturated carbocycles. The van der Waals surface area contributed by atoms with Gasteiger partial charge >= 0.3 is 0 Å².